The van der Waals surface area contributed by atoms with E-state index in [1.54, 1.807) is 12.5 Å². The van der Waals surface area contributed by atoms with Crippen LogP contribution in [0.15, 0.2) is 23.0 Å². The van der Waals surface area contributed by atoms with Gasteiger partial charge in [0.15, 0.2) is 0 Å². The van der Waals surface area contributed by atoms with Crippen LogP contribution < -0.4 is 5.32 Å². The molecular formula is C11H14N2O2. The van der Waals surface area contributed by atoms with Gasteiger partial charge >= 0.3 is 0 Å². The molecule has 1 amide bonds. The number of nitrogens with one attached hydrogen (secondary N) is 1. The number of amides is 1. The summed E-state index contributed by atoms with van der Waals surface area (Å²) in [6.45, 7) is 1.28. The molecule has 80 valence electrons. The lowest BCUT2D eigenvalue weighted by atomic mass is 10.3. The lowest BCUT2D eigenvalue weighted by Gasteiger charge is -2.14. The molecule has 0 spiro atoms. The summed E-state index contributed by atoms with van der Waals surface area (Å²) in [5.41, 5.74) is 1.04. The van der Waals surface area contributed by atoms with Gasteiger partial charge in [-0.1, -0.05) is 5.92 Å². The van der Waals surface area contributed by atoms with E-state index in [-0.39, 0.29) is 12.5 Å². The van der Waals surface area contributed by atoms with Gasteiger partial charge in [0.25, 0.3) is 0 Å². The third kappa shape index (κ3) is 4.34. The summed E-state index contributed by atoms with van der Waals surface area (Å²) in [5.74, 6) is 2.28. The Bertz CT molecular complexity index is 338. The fraction of sp³-hybridized carbons (Fsp3) is 0.364. The highest BCUT2D eigenvalue weighted by Crippen LogP contribution is 2.02. The number of nitrogens with zero attached hydrogens (tertiary/aromatic N) is 1. The highest BCUT2D eigenvalue weighted by Gasteiger charge is 2.06. The first-order valence-electron chi connectivity index (χ1n) is 4.62. The third-order valence-electron chi connectivity index (χ3n) is 1.83. The molecular weight excluding hydrogens is 192 g/mol. The number of carbonyl (C=O) groups is 1. The first kappa shape index (κ1) is 11.3. The highest BCUT2D eigenvalue weighted by atomic mass is 16.3. The van der Waals surface area contributed by atoms with E-state index in [0.717, 1.165) is 5.56 Å². The van der Waals surface area contributed by atoms with Crippen molar-refractivity contribution in [3.05, 3.63) is 24.2 Å². The monoisotopic (exact) mass is 206 g/mol. The zero-order valence-corrected chi connectivity index (χ0v) is 8.69. The second-order valence-electron chi connectivity index (χ2n) is 3.28. The normalized spacial score (nSPS) is 9.93. The second-order valence-corrected chi connectivity index (χ2v) is 3.28. The maximum absolute atomic E-state index is 11.3. The molecule has 1 aromatic rings. The quantitative estimate of drug-likeness (QED) is 0.712. The van der Waals surface area contributed by atoms with E-state index in [1.165, 1.54) is 0 Å². The van der Waals surface area contributed by atoms with Gasteiger partial charge in [0.1, 0.15) is 0 Å². The molecule has 1 rings (SSSR count). The molecule has 0 bridgehead atoms. The van der Waals surface area contributed by atoms with Gasteiger partial charge in [-0.3, -0.25) is 9.69 Å². The summed E-state index contributed by atoms with van der Waals surface area (Å²) in [6.07, 6.45) is 8.30. The molecule has 4 nitrogen and oxygen atoms in total. The van der Waals surface area contributed by atoms with Crippen LogP contribution in [0.1, 0.15) is 5.56 Å². The Hall–Kier alpha value is -1.73. The zero-order chi connectivity index (χ0) is 11.1. The standard InChI is InChI=1S/C11H14N2O2/c1-3-5-12-11(14)8-13(2)7-10-4-6-15-9-10/h1,4,6,9H,5,7-8H2,2H3,(H,12,14). The molecule has 1 heterocycles. The molecule has 15 heavy (non-hydrogen) atoms. The van der Waals surface area contributed by atoms with Crippen molar-refractivity contribution in [1.29, 1.82) is 0 Å². The Morgan fingerprint density at radius 1 is 1.73 bits per heavy atom. The van der Waals surface area contributed by atoms with E-state index in [4.69, 9.17) is 10.8 Å². The molecule has 0 radical (unpaired) electrons. The molecule has 0 aliphatic heterocycles. The van der Waals surface area contributed by atoms with Crippen LogP contribution in [0, 0.1) is 12.3 Å². The molecule has 0 aliphatic carbocycles. The SMILES string of the molecule is C#CCNC(=O)CN(C)Cc1ccoc1. The summed E-state index contributed by atoms with van der Waals surface area (Å²) in [7, 11) is 1.86. The van der Waals surface area contributed by atoms with Crippen LogP contribution in [-0.4, -0.2) is 30.9 Å². The molecule has 0 unspecified atom stereocenters. The smallest absolute Gasteiger partial charge is 0.234 e. The minimum absolute atomic E-state index is 0.0704. The Balaban J connectivity index is 2.27. The van der Waals surface area contributed by atoms with E-state index >= 15 is 0 Å². The Morgan fingerprint density at radius 3 is 3.13 bits per heavy atom. The molecule has 4 heteroatoms. The van der Waals surface area contributed by atoms with Crippen LogP contribution >= 0.6 is 0 Å². The topological polar surface area (TPSA) is 45.5 Å². The fourth-order valence-corrected chi connectivity index (χ4v) is 1.20. The number of hydrogen-bond donors (Lipinski definition) is 1. The lowest BCUT2D eigenvalue weighted by Crippen LogP contribution is -2.34. The van der Waals surface area contributed by atoms with Gasteiger partial charge in [-0.15, -0.1) is 6.42 Å². The number of likely N-dealkylation sites (N-methyl/N-ethyl adjacent to an activating group) is 1. The van der Waals surface area contributed by atoms with Crippen molar-refractivity contribution in [1.82, 2.24) is 10.2 Å². The van der Waals surface area contributed by atoms with E-state index in [2.05, 4.69) is 11.2 Å². The van der Waals surface area contributed by atoms with Crippen molar-refractivity contribution >= 4 is 5.91 Å². The van der Waals surface area contributed by atoms with Crippen LogP contribution in [0.3, 0.4) is 0 Å². The van der Waals surface area contributed by atoms with E-state index in [1.807, 2.05) is 18.0 Å². The maximum Gasteiger partial charge on any atom is 0.234 e. The van der Waals surface area contributed by atoms with Gasteiger partial charge in [-0.25, -0.2) is 0 Å². The highest BCUT2D eigenvalue weighted by molar-refractivity contribution is 5.78. The van der Waals surface area contributed by atoms with Crippen LogP contribution in [0.2, 0.25) is 0 Å². The van der Waals surface area contributed by atoms with Crippen LogP contribution in [0.5, 0.6) is 0 Å². The van der Waals surface area contributed by atoms with Crippen LogP contribution in [0.4, 0.5) is 0 Å². The summed E-state index contributed by atoms with van der Waals surface area (Å²) >= 11 is 0. The molecule has 1 N–H and O–H groups in total. The van der Waals surface area contributed by atoms with E-state index in [0.29, 0.717) is 13.1 Å². The number of hydrogen-bond acceptors (Lipinski definition) is 3. The molecule has 0 saturated heterocycles. The molecule has 0 saturated carbocycles. The van der Waals surface area contributed by atoms with Crippen molar-refractivity contribution in [3.63, 3.8) is 0 Å². The Morgan fingerprint density at radius 2 is 2.53 bits per heavy atom. The largest absolute Gasteiger partial charge is 0.472 e. The summed E-state index contributed by atoms with van der Waals surface area (Å²) < 4.78 is 4.93. The number of terminal acetylenes is 1. The van der Waals surface area contributed by atoms with Crippen molar-refractivity contribution in [2.75, 3.05) is 20.1 Å². The van der Waals surface area contributed by atoms with Gasteiger partial charge in [0.05, 0.1) is 25.6 Å². The third-order valence-corrected chi connectivity index (χ3v) is 1.83. The van der Waals surface area contributed by atoms with E-state index in [9.17, 15) is 4.79 Å². The second kappa shape index (κ2) is 5.89. The zero-order valence-electron chi connectivity index (χ0n) is 8.69. The fourth-order valence-electron chi connectivity index (χ4n) is 1.20. The average molecular weight is 206 g/mol. The average Bonchev–Trinajstić information content (AvgIpc) is 2.67. The lowest BCUT2D eigenvalue weighted by molar-refractivity contribution is -0.121. The minimum atomic E-state index is -0.0704. The van der Waals surface area contributed by atoms with Crippen molar-refractivity contribution in [2.24, 2.45) is 0 Å². The maximum atomic E-state index is 11.3. The van der Waals surface area contributed by atoms with Crippen molar-refractivity contribution in [3.8, 4) is 12.3 Å². The first-order valence-corrected chi connectivity index (χ1v) is 4.62. The predicted octanol–water partition coefficient (Wildman–Crippen LogP) is 0.461. The van der Waals surface area contributed by atoms with Crippen molar-refractivity contribution in [2.45, 2.75) is 6.54 Å². The predicted molar refractivity (Wildman–Crippen MR) is 56.9 cm³/mol. The number of carbonyl (C=O) groups excluding carboxylic acids is 1. The molecule has 0 atom stereocenters. The van der Waals surface area contributed by atoms with Gasteiger partial charge in [0.2, 0.25) is 5.91 Å². The molecule has 1 aromatic heterocycles. The molecule has 0 fully saturated rings. The summed E-state index contributed by atoms with van der Waals surface area (Å²) in [4.78, 5) is 13.2. The van der Waals surface area contributed by atoms with E-state index < -0.39 is 0 Å². The molecule has 0 aromatic carbocycles. The van der Waals surface area contributed by atoms with Gasteiger partial charge in [-0.2, -0.15) is 0 Å². The summed E-state index contributed by atoms with van der Waals surface area (Å²) in [5, 5.41) is 2.60. The van der Waals surface area contributed by atoms with Gasteiger partial charge < -0.3 is 9.73 Å². The number of rotatable bonds is 5. The van der Waals surface area contributed by atoms with Crippen LogP contribution in [0.25, 0.3) is 0 Å². The van der Waals surface area contributed by atoms with Crippen molar-refractivity contribution < 1.29 is 9.21 Å². The van der Waals surface area contributed by atoms with Gasteiger partial charge in [-0.05, 0) is 13.1 Å². The van der Waals surface area contributed by atoms with Gasteiger partial charge in [0, 0.05) is 12.1 Å². The Kier molecular flexibility index (Phi) is 4.45. The number of furan rings is 1. The molecule has 0 aliphatic rings. The minimum Gasteiger partial charge on any atom is -0.472 e. The van der Waals surface area contributed by atoms with Crippen LogP contribution in [-0.2, 0) is 11.3 Å². The summed E-state index contributed by atoms with van der Waals surface area (Å²) in [6, 6.07) is 1.87. The first-order chi connectivity index (χ1) is 7.22. The Labute approximate surface area is 89.3 Å².